The first kappa shape index (κ1) is 12.3. The largest absolute Gasteiger partial charge is 0.353 e. The Morgan fingerprint density at radius 2 is 2.00 bits per heavy atom. The van der Waals surface area contributed by atoms with E-state index in [4.69, 9.17) is 0 Å². The topological polar surface area (TPSA) is 29.1 Å². The quantitative estimate of drug-likeness (QED) is 0.823. The van der Waals surface area contributed by atoms with Crippen LogP contribution < -0.4 is 5.32 Å². The second kappa shape index (κ2) is 5.95. The molecule has 2 fully saturated rings. The Kier molecular flexibility index (Phi) is 4.56. The molecule has 2 rings (SSSR count). The van der Waals surface area contributed by atoms with Crippen LogP contribution in [0.4, 0.5) is 0 Å². The van der Waals surface area contributed by atoms with Crippen molar-refractivity contribution in [2.24, 2.45) is 11.8 Å². The Bertz CT molecular complexity index is 229. The van der Waals surface area contributed by atoms with Gasteiger partial charge in [-0.3, -0.25) is 4.79 Å². The Labute approximate surface area is 103 Å². The molecular formula is C13H23NOS. The molecule has 92 valence electrons. The minimum Gasteiger partial charge on any atom is -0.353 e. The van der Waals surface area contributed by atoms with Gasteiger partial charge in [0.15, 0.2) is 0 Å². The highest BCUT2D eigenvalue weighted by Gasteiger charge is 2.24. The lowest BCUT2D eigenvalue weighted by Crippen LogP contribution is -2.34. The van der Waals surface area contributed by atoms with Gasteiger partial charge in [-0.05, 0) is 55.4 Å². The van der Waals surface area contributed by atoms with Crippen LogP contribution in [0.3, 0.4) is 0 Å². The van der Waals surface area contributed by atoms with E-state index in [9.17, 15) is 4.79 Å². The molecule has 2 atom stereocenters. The number of carbonyl (C=O) groups is 1. The van der Waals surface area contributed by atoms with Gasteiger partial charge in [-0.1, -0.05) is 6.92 Å². The van der Waals surface area contributed by atoms with Crippen LogP contribution in [0.25, 0.3) is 0 Å². The Morgan fingerprint density at radius 1 is 1.25 bits per heavy atom. The van der Waals surface area contributed by atoms with Gasteiger partial charge in [0.05, 0.1) is 0 Å². The van der Waals surface area contributed by atoms with Crippen molar-refractivity contribution in [3.63, 3.8) is 0 Å². The third kappa shape index (κ3) is 3.69. The normalized spacial score (nSPS) is 31.6. The zero-order valence-corrected chi connectivity index (χ0v) is 11.0. The summed E-state index contributed by atoms with van der Waals surface area (Å²) >= 11 is 2.03. The standard InChI is InChI=1S/C13H23NOS/c1-10-2-3-12(8-10)14-13(15)9-11-4-6-16-7-5-11/h10-12H,2-9H2,1H3,(H,14,15). The zero-order chi connectivity index (χ0) is 11.4. The Balaban J connectivity index is 1.67. The van der Waals surface area contributed by atoms with Gasteiger partial charge in [0.2, 0.25) is 5.91 Å². The summed E-state index contributed by atoms with van der Waals surface area (Å²) in [6, 6.07) is 0.473. The fraction of sp³-hybridized carbons (Fsp3) is 0.923. The maximum absolute atomic E-state index is 11.9. The number of nitrogens with one attached hydrogen (secondary N) is 1. The summed E-state index contributed by atoms with van der Waals surface area (Å²) < 4.78 is 0. The van der Waals surface area contributed by atoms with Crippen LogP contribution in [-0.2, 0) is 4.79 Å². The van der Waals surface area contributed by atoms with Gasteiger partial charge in [0.25, 0.3) is 0 Å². The van der Waals surface area contributed by atoms with Gasteiger partial charge in [0.1, 0.15) is 0 Å². The van der Waals surface area contributed by atoms with E-state index in [1.54, 1.807) is 0 Å². The fourth-order valence-corrected chi connectivity index (χ4v) is 4.04. The zero-order valence-electron chi connectivity index (χ0n) is 10.2. The van der Waals surface area contributed by atoms with Crippen LogP contribution in [0, 0.1) is 11.8 Å². The average Bonchev–Trinajstić information content (AvgIpc) is 2.65. The smallest absolute Gasteiger partial charge is 0.220 e. The van der Waals surface area contributed by atoms with Crippen molar-refractivity contribution < 1.29 is 4.79 Å². The predicted molar refractivity (Wildman–Crippen MR) is 69.6 cm³/mol. The van der Waals surface area contributed by atoms with E-state index in [0.717, 1.165) is 12.3 Å². The van der Waals surface area contributed by atoms with Crippen molar-refractivity contribution in [2.45, 2.75) is 51.5 Å². The number of thioether (sulfide) groups is 1. The molecule has 2 aliphatic rings. The van der Waals surface area contributed by atoms with E-state index in [1.165, 1.54) is 43.6 Å². The molecule has 1 heterocycles. The number of carbonyl (C=O) groups excluding carboxylic acids is 1. The number of amides is 1. The second-order valence-electron chi connectivity index (χ2n) is 5.44. The molecule has 1 aliphatic carbocycles. The SMILES string of the molecule is CC1CCC(NC(=O)CC2CCSCC2)C1. The molecule has 1 saturated carbocycles. The van der Waals surface area contributed by atoms with Crippen LogP contribution in [0.5, 0.6) is 0 Å². The number of hydrogen-bond donors (Lipinski definition) is 1. The number of hydrogen-bond acceptors (Lipinski definition) is 2. The molecule has 0 aromatic rings. The summed E-state index contributed by atoms with van der Waals surface area (Å²) in [5.41, 5.74) is 0. The van der Waals surface area contributed by atoms with Gasteiger partial charge in [-0.25, -0.2) is 0 Å². The summed E-state index contributed by atoms with van der Waals surface area (Å²) in [6.45, 7) is 2.28. The molecule has 1 aliphatic heterocycles. The van der Waals surface area contributed by atoms with Crippen molar-refractivity contribution in [3.8, 4) is 0 Å². The van der Waals surface area contributed by atoms with Crippen molar-refractivity contribution in [3.05, 3.63) is 0 Å². The molecule has 1 amide bonds. The summed E-state index contributed by atoms with van der Waals surface area (Å²) in [7, 11) is 0. The van der Waals surface area contributed by atoms with Crippen molar-refractivity contribution in [1.29, 1.82) is 0 Å². The minimum atomic E-state index is 0.302. The highest BCUT2D eigenvalue weighted by atomic mass is 32.2. The minimum absolute atomic E-state index is 0.302. The first-order chi connectivity index (χ1) is 7.74. The monoisotopic (exact) mass is 241 g/mol. The summed E-state index contributed by atoms with van der Waals surface area (Å²) in [5, 5.41) is 3.21. The van der Waals surface area contributed by atoms with E-state index in [1.807, 2.05) is 11.8 Å². The van der Waals surface area contributed by atoms with Gasteiger partial charge >= 0.3 is 0 Å². The van der Waals surface area contributed by atoms with Crippen LogP contribution in [0.15, 0.2) is 0 Å². The lowest BCUT2D eigenvalue weighted by molar-refractivity contribution is -0.122. The van der Waals surface area contributed by atoms with Gasteiger partial charge in [-0.15, -0.1) is 0 Å². The lowest BCUT2D eigenvalue weighted by Gasteiger charge is -2.21. The number of rotatable bonds is 3. The predicted octanol–water partition coefficient (Wildman–Crippen LogP) is 2.82. The summed E-state index contributed by atoms with van der Waals surface area (Å²) in [6.07, 6.45) is 6.90. The molecule has 1 N–H and O–H groups in total. The lowest BCUT2D eigenvalue weighted by atomic mass is 9.98. The molecule has 1 saturated heterocycles. The van der Waals surface area contributed by atoms with E-state index >= 15 is 0 Å². The molecule has 2 unspecified atom stereocenters. The third-order valence-electron chi connectivity index (χ3n) is 3.87. The Hall–Kier alpha value is -0.180. The molecular weight excluding hydrogens is 218 g/mol. The highest BCUT2D eigenvalue weighted by molar-refractivity contribution is 7.99. The fourth-order valence-electron chi connectivity index (χ4n) is 2.84. The molecule has 0 aromatic heterocycles. The average molecular weight is 241 g/mol. The first-order valence-corrected chi connectivity index (χ1v) is 7.76. The molecule has 3 heteroatoms. The van der Waals surface area contributed by atoms with Crippen molar-refractivity contribution in [1.82, 2.24) is 5.32 Å². The van der Waals surface area contributed by atoms with Crippen LogP contribution >= 0.6 is 11.8 Å². The van der Waals surface area contributed by atoms with E-state index in [0.29, 0.717) is 17.9 Å². The van der Waals surface area contributed by atoms with E-state index in [2.05, 4.69) is 12.2 Å². The molecule has 16 heavy (non-hydrogen) atoms. The summed E-state index contributed by atoms with van der Waals surface area (Å²) in [5.74, 6) is 4.25. The van der Waals surface area contributed by atoms with Gasteiger partial charge in [0, 0.05) is 12.5 Å². The molecule has 0 spiro atoms. The molecule has 0 bridgehead atoms. The summed E-state index contributed by atoms with van der Waals surface area (Å²) in [4.78, 5) is 11.9. The highest BCUT2D eigenvalue weighted by Crippen LogP contribution is 2.27. The van der Waals surface area contributed by atoms with Gasteiger partial charge in [-0.2, -0.15) is 11.8 Å². The maximum atomic E-state index is 11.9. The third-order valence-corrected chi connectivity index (χ3v) is 4.92. The second-order valence-corrected chi connectivity index (χ2v) is 6.67. The molecule has 0 radical (unpaired) electrons. The van der Waals surface area contributed by atoms with Crippen LogP contribution in [-0.4, -0.2) is 23.5 Å². The van der Waals surface area contributed by atoms with E-state index < -0.39 is 0 Å². The Morgan fingerprint density at radius 3 is 2.62 bits per heavy atom. The molecule has 0 aromatic carbocycles. The van der Waals surface area contributed by atoms with Crippen molar-refractivity contribution >= 4 is 17.7 Å². The van der Waals surface area contributed by atoms with Gasteiger partial charge < -0.3 is 5.32 Å². The van der Waals surface area contributed by atoms with Crippen LogP contribution in [0.2, 0.25) is 0 Å². The van der Waals surface area contributed by atoms with E-state index in [-0.39, 0.29) is 0 Å². The first-order valence-electron chi connectivity index (χ1n) is 6.61. The van der Waals surface area contributed by atoms with Crippen LogP contribution in [0.1, 0.15) is 45.4 Å². The molecule has 2 nitrogen and oxygen atoms in total. The maximum Gasteiger partial charge on any atom is 0.220 e. The van der Waals surface area contributed by atoms with Crippen molar-refractivity contribution in [2.75, 3.05) is 11.5 Å².